The standard InChI is InChI=1S/C14H8F3N7O/c15-14(16,17)13-21-20-11-4-5-12(22-24(11)13)25-10-3-1-2-9(6-10)23-8-18-7-19-23/h1-8H. The summed E-state index contributed by atoms with van der Waals surface area (Å²) in [7, 11) is 0. The molecule has 25 heavy (non-hydrogen) atoms. The second-order valence-electron chi connectivity index (χ2n) is 4.90. The maximum Gasteiger partial charge on any atom is 0.453 e. The summed E-state index contributed by atoms with van der Waals surface area (Å²) < 4.78 is 46.4. The van der Waals surface area contributed by atoms with Gasteiger partial charge in [-0.2, -0.15) is 22.8 Å². The van der Waals surface area contributed by atoms with E-state index in [0.29, 0.717) is 16.0 Å². The van der Waals surface area contributed by atoms with Gasteiger partial charge >= 0.3 is 6.18 Å². The van der Waals surface area contributed by atoms with Crippen molar-refractivity contribution in [2.24, 2.45) is 0 Å². The van der Waals surface area contributed by atoms with E-state index in [0.717, 1.165) is 0 Å². The van der Waals surface area contributed by atoms with Gasteiger partial charge in [-0.15, -0.1) is 15.3 Å². The fourth-order valence-electron chi connectivity index (χ4n) is 2.16. The first-order chi connectivity index (χ1) is 12.0. The summed E-state index contributed by atoms with van der Waals surface area (Å²) in [6.07, 6.45) is -1.78. The number of rotatable bonds is 3. The molecule has 0 amide bonds. The number of halogens is 3. The average molecular weight is 347 g/mol. The molecule has 0 unspecified atom stereocenters. The zero-order valence-corrected chi connectivity index (χ0v) is 12.3. The first-order valence-corrected chi connectivity index (χ1v) is 6.93. The van der Waals surface area contributed by atoms with Crippen molar-refractivity contribution in [3.05, 3.63) is 54.9 Å². The molecule has 0 saturated heterocycles. The number of ether oxygens (including phenoxy) is 1. The molecule has 1 aromatic carbocycles. The van der Waals surface area contributed by atoms with E-state index in [-0.39, 0.29) is 11.5 Å². The Morgan fingerprint density at radius 1 is 1.04 bits per heavy atom. The molecule has 0 bridgehead atoms. The fourth-order valence-corrected chi connectivity index (χ4v) is 2.16. The van der Waals surface area contributed by atoms with Crippen LogP contribution in [0.15, 0.2) is 49.1 Å². The Morgan fingerprint density at radius 2 is 1.92 bits per heavy atom. The molecule has 0 aliphatic heterocycles. The van der Waals surface area contributed by atoms with Crippen LogP contribution in [0.5, 0.6) is 11.6 Å². The van der Waals surface area contributed by atoms with Crippen molar-refractivity contribution in [2.45, 2.75) is 6.18 Å². The van der Waals surface area contributed by atoms with Gasteiger partial charge in [0, 0.05) is 12.1 Å². The fraction of sp³-hybridized carbons (Fsp3) is 0.0714. The lowest BCUT2D eigenvalue weighted by Gasteiger charge is -2.08. The molecule has 126 valence electrons. The molecule has 0 saturated carbocycles. The van der Waals surface area contributed by atoms with Gasteiger partial charge in [-0.3, -0.25) is 0 Å². The minimum Gasteiger partial charge on any atom is -0.438 e. The molecule has 0 fully saturated rings. The minimum atomic E-state index is -4.67. The van der Waals surface area contributed by atoms with Crippen LogP contribution in [0.4, 0.5) is 13.2 Å². The molecule has 0 aliphatic rings. The number of benzene rings is 1. The Balaban J connectivity index is 1.68. The van der Waals surface area contributed by atoms with Gasteiger partial charge in [0.25, 0.3) is 5.82 Å². The van der Waals surface area contributed by atoms with Crippen molar-refractivity contribution < 1.29 is 17.9 Å². The van der Waals surface area contributed by atoms with Crippen molar-refractivity contribution in [1.82, 2.24) is 34.6 Å². The first kappa shape index (κ1) is 15.1. The number of nitrogens with zero attached hydrogens (tertiary/aromatic N) is 7. The van der Waals surface area contributed by atoms with Gasteiger partial charge < -0.3 is 4.74 Å². The Morgan fingerprint density at radius 3 is 2.68 bits per heavy atom. The predicted octanol–water partition coefficient (Wildman–Crippen LogP) is 2.52. The minimum absolute atomic E-state index is 0.0314. The number of fused-ring (bicyclic) bond motifs is 1. The summed E-state index contributed by atoms with van der Waals surface area (Å²) in [5.74, 6) is -0.876. The van der Waals surface area contributed by atoms with Crippen LogP contribution in [-0.2, 0) is 6.18 Å². The lowest BCUT2D eigenvalue weighted by Crippen LogP contribution is -2.12. The van der Waals surface area contributed by atoms with Crippen LogP contribution in [0.1, 0.15) is 5.82 Å². The Hall–Kier alpha value is -3.50. The number of aromatic nitrogens is 7. The molecular weight excluding hydrogens is 339 g/mol. The van der Waals surface area contributed by atoms with Crippen LogP contribution in [0.3, 0.4) is 0 Å². The highest BCUT2D eigenvalue weighted by atomic mass is 19.4. The molecule has 11 heteroatoms. The maximum absolute atomic E-state index is 12.9. The SMILES string of the molecule is FC(F)(F)c1nnc2ccc(Oc3cccc(-n4cncn4)c3)nn12. The van der Waals surface area contributed by atoms with E-state index in [1.54, 1.807) is 24.3 Å². The molecule has 8 nitrogen and oxygen atoms in total. The molecule has 3 aromatic heterocycles. The van der Waals surface area contributed by atoms with Crippen LogP contribution in [0.2, 0.25) is 0 Å². The van der Waals surface area contributed by atoms with Crippen LogP contribution >= 0.6 is 0 Å². The molecule has 0 atom stereocenters. The van der Waals surface area contributed by atoms with Crippen molar-refractivity contribution >= 4 is 5.65 Å². The largest absolute Gasteiger partial charge is 0.453 e. The van der Waals surface area contributed by atoms with Crippen molar-refractivity contribution in [2.75, 3.05) is 0 Å². The summed E-state index contributed by atoms with van der Waals surface area (Å²) in [6.45, 7) is 0. The van der Waals surface area contributed by atoms with Crippen LogP contribution in [0, 0.1) is 0 Å². The molecule has 4 aromatic rings. The molecule has 0 N–H and O–H groups in total. The van der Waals surface area contributed by atoms with E-state index in [4.69, 9.17) is 4.74 Å². The third-order valence-corrected chi connectivity index (χ3v) is 3.22. The molecule has 3 heterocycles. The lowest BCUT2D eigenvalue weighted by atomic mass is 10.3. The third-order valence-electron chi connectivity index (χ3n) is 3.22. The zero-order valence-electron chi connectivity index (χ0n) is 12.3. The number of alkyl halides is 3. The van der Waals surface area contributed by atoms with Gasteiger partial charge in [-0.25, -0.2) is 9.67 Å². The molecule has 0 spiro atoms. The smallest absolute Gasteiger partial charge is 0.438 e. The van der Waals surface area contributed by atoms with E-state index in [9.17, 15) is 13.2 Å². The summed E-state index contributed by atoms with van der Waals surface area (Å²) in [4.78, 5) is 3.85. The van der Waals surface area contributed by atoms with Gasteiger partial charge in [0.1, 0.15) is 18.4 Å². The van der Waals surface area contributed by atoms with Gasteiger partial charge in [0.2, 0.25) is 5.88 Å². The van der Waals surface area contributed by atoms with E-state index in [1.165, 1.54) is 29.5 Å². The van der Waals surface area contributed by atoms with E-state index in [2.05, 4.69) is 25.4 Å². The van der Waals surface area contributed by atoms with Gasteiger partial charge in [-0.05, 0) is 18.2 Å². The molecule has 4 rings (SSSR count). The summed E-state index contributed by atoms with van der Waals surface area (Å²) in [5.41, 5.74) is 0.646. The second-order valence-corrected chi connectivity index (χ2v) is 4.90. The lowest BCUT2D eigenvalue weighted by molar-refractivity contribution is -0.146. The highest BCUT2D eigenvalue weighted by Gasteiger charge is 2.37. The van der Waals surface area contributed by atoms with Crippen LogP contribution in [0.25, 0.3) is 11.3 Å². The maximum atomic E-state index is 12.9. The van der Waals surface area contributed by atoms with Crippen LogP contribution in [-0.4, -0.2) is 34.6 Å². The van der Waals surface area contributed by atoms with Crippen molar-refractivity contribution in [3.63, 3.8) is 0 Å². The topological polar surface area (TPSA) is 83.0 Å². The first-order valence-electron chi connectivity index (χ1n) is 6.93. The van der Waals surface area contributed by atoms with Gasteiger partial charge in [0.05, 0.1) is 5.69 Å². The quantitative estimate of drug-likeness (QED) is 0.566. The molecule has 0 radical (unpaired) electrons. The Bertz CT molecular complexity index is 1030. The second kappa shape index (κ2) is 5.54. The highest BCUT2D eigenvalue weighted by Crippen LogP contribution is 2.28. The third kappa shape index (κ3) is 2.86. The van der Waals surface area contributed by atoms with E-state index in [1.807, 2.05) is 0 Å². The Labute approximate surface area is 137 Å². The number of hydrogen-bond acceptors (Lipinski definition) is 6. The normalized spacial score (nSPS) is 11.8. The summed E-state index contributed by atoms with van der Waals surface area (Å²) in [5, 5.41) is 14.4. The Kier molecular flexibility index (Phi) is 3.34. The zero-order chi connectivity index (χ0) is 17.4. The van der Waals surface area contributed by atoms with E-state index < -0.39 is 12.0 Å². The number of hydrogen-bond donors (Lipinski definition) is 0. The highest BCUT2D eigenvalue weighted by molar-refractivity contribution is 5.41. The van der Waals surface area contributed by atoms with Crippen molar-refractivity contribution in [3.8, 4) is 17.3 Å². The van der Waals surface area contributed by atoms with Gasteiger partial charge in [-0.1, -0.05) is 6.07 Å². The van der Waals surface area contributed by atoms with Crippen LogP contribution < -0.4 is 4.74 Å². The summed E-state index contributed by atoms with van der Waals surface area (Å²) >= 11 is 0. The molecule has 0 aliphatic carbocycles. The van der Waals surface area contributed by atoms with Gasteiger partial charge in [0.15, 0.2) is 5.65 Å². The monoisotopic (exact) mass is 347 g/mol. The average Bonchev–Trinajstić information content (AvgIpc) is 3.24. The predicted molar refractivity (Wildman–Crippen MR) is 77.2 cm³/mol. The summed E-state index contributed by atoms with van der Waals surface area (Å²) in [6, 6.07) is 9.53. The van der Waals surface area contributed by atoms with Crippen molar-refractivity contribution in [1.29, 1.82) is 0 Å². The van der Waals surface area contributed by atoms with E-state index >= 15 is 0 Å². The molecular formula is C14H8F3N7O.